The highest BCUT2D eigenvalue weighted by Crippen LogP contribution is 2.46. The molecule has 21 nitrogen and oxygen atoms in total. The van der Waals surface area contributed by atoms with Crippen molar-refractivity contribution in [1.29, 1.82) is 0 Å². The fourth-order valence-corrected chi connectivity index (χ4v) is 11.3. The second-order valence-electron chi connectivity index (χ2n) is 19.6. The van der Waals surface area contributed by atoms with Crippen LogP contribution in [0.25, 0.3) is 11.1 Å². The Morgan fingerprint density at radius 2 is 0.958 bits per heavy atom. The molecule has 0 unspecified atom stereocenters. The fraction of sp³-hybridized carbons (Fsp3) is 0.510. The Labute approximate surface area is 416 Å². The van der Waals surface area contributed by atoms with Gasteiger partial charge in [0.2, 0.25) is 0 Å². The summed E-state index contributed by atoms with van der Waals surface area (Å²) < 4.78 is 9.92. The van der Waals surface area contributed by atoms with Crippen molar-refractivity contribution in [3.63, 3.8) is 0 Å². The number of benzene rings is 3. The zero-order chi connectivity index (χ0) is 50.6. The molecule has 0 bridgehead atoms. The van der Waals surface area contributed by atoms with E-state index in [0.29, 0.717) is 11.6 Å². The zero-order valence-corrected chi connectivity index (χ0v) is 40.5. The molecule has 0 radical (unpaired) electrons. The molecule has 5 N–H and O–H groups in total. The molecule has 3 saturated carbocycles. The number of nitrogens with zero attached hydrogens (tertiary/aromatic N) is 12. The number of nitrogens with two attached hydrogens (primary N) is 1. The van der Waals surface area contributed by atoms with Gasteiger partial charge in [0, 0.05) is 16.7 Å². The molecule has 0 amide bonds. The highest BCUT2D eigenvalue weighted by atomic mass is 16.5. The number of aromatic nitrogens is 12. The van der Waals surface area contributed by atoms with Crippen LogP contribution >= 0.6 is 0 Å². The number of carbonyl (C=O) groups is 4. The summed E-state index contributed by atoms with van der Waals surface area (Å²) in [7, 11) is 0. The number of carbonyl (C=O) groups excluding carboxylic acids is 1. The number of hydrogen-bond donors (Lipinski definition) is 4. The SMILES string of the molecule is NC1(c2nnnn2CC(=O)O)CCCCC1.O=C(O)Cn1nnnc1C1(CC(=O)OCC2c3ccccc3-c3ccccc32)CCCCC1.O=C(O)Cn1nnnc1C1(CCc2ccccc2)CCCCC1. The molecule has 0 aliphatic heterocycles. The first-order valence-corrected chi connectivity index (χ1v) is 25.0. The molecule has 0 saturated heterocycles. The summed E-state index contributed by atoms with van der Waals surface area (Å²) in [4.78, 5) is 46.1. The van der Waals surface area contributed by atoms with Crippen LogP contribution < -0.4 is 5.73 Å². The smallest absolute Gasteiger partial charge is 0.325 e. The highest BCUT2D eigenvalue weighted by Gasteiger charge is 2.43. The quantitative estimate of drug-likeness (QED) is 0.0788. The topological polar surface area (TPSA) is 295 Å². The van der Waals surface area contributed by atoms with Crippen molar-refractivity contribution in [2.75, 3.05) is 6.61 Å². The van der Waals surface area contributed by atoms with E-state index in [4.69, 9.17) is 20.7 Å². The van der Waals surface area contributed by atoms with E-state index in [1.165, 1.54) is 54.7 Å². The minimum Gasteiger partial charge on any atom is -0.480 e. The summed E-state index contributed by atoms with van der Waals surface area (Å²) in [5.74, 6) is -1.48. The number of aliphatic carboxylic acids is 3. The van der Waals surface area contributed by atoms with Gasteiger partial charge in [0.15, 0.2) is 17.5 Å². The molecule has 0 spiro atoms. The van der Waals surface area contributed by atoms with E-state index >= 15 is 0 Å². The van der Waals surface area contributed by atoms with Crippen LogP contribution in [-0.2, 0) is 66.3 Å². The van der Waals surface area contributed by atoms with E-state index in [-0.39, 0.29) is 50.0 Å². The number of ether oxygens (including phenoxy) is 1. The van der Waals surface area contributed by atoms with Crippen molar-refractivity contribution >= 4 is 23.9 Å². The van der Waals surface area contributed by atoms with Crippen molar-refractivity contribution < 1.29 is 39.2 Å². The number of fused-ring (bicyclic) bond motifs is 3. The van der Waals surface area contributed by atoms with Gasteiger partial charge in [-0.2, -0.15) is 0 Å². The van der Waals surface area contributed by atoms with Crippen LogP contribution in [0.2, 0.25) is 0 Å². The third-order valence-electron chi connectivity index (χ3n) is 14.8. The molecular weight excluding hydrogens is 923 g/mol. The van der Waals surface area contributed by atoms with E-state index < -0.39 is 28.9 Å². The molecule has 3 heterocycles. The first-order chi connectivity index (χ1) is 34.9. The highest BCUT2D eigenvalue weighted by molar-refractivity contribution is 5.79. The van der Waals surface area contributed by atoms with Gasteiger partial charge in [-0.15, -0.1) is 15.3 Å². The molecule has 10 rings (SSSR count). The number of hydrogen-bond acceptors (Lipinski definition) is 15. The van der Waals surface area contributed by atoms with Crippen molar-refractivity contribution in [3.8, 4) is 11.1 Å². The Balaban J connectivity index is 0.000000155. The largest absolute Gasteiger partial charge is 0.480 e. The van der Waals surface area contributed by atoms with Gasteiger partial charge in [0.25, 0.3) is 0 Å². The minimum absolute atomic E-state index is 0.000913. The van der Waals surface area contributed by atoms with Gasteiger partial charge in [-0.05, 0) is 110 Å². The van der Waals surface area contributed by atoms with Crippen molar-refractivity contribution in [1.82, 2.24) is 60.6 Å². The van der Waals surface area contributed by atoms with E-state index in [9.17, 15) is 24.3 Å². The Morgan fingerprint density at radius 3 is 1.46 bits per heavy atom. The Hall–Kier alpha value is -7.29. The minimum atomic E-state index is -1.02. The van der Waals surface area contributed by atoms with E-state index in [1.807, 2.05) is 30.3 Å². The third kappa shape index (κ3) is 12.1. The summed E-state index contributed by atoms with van der Waals surface area (Å²) in [6, 6.07) is 26.9. The second kappa shape index (κ2) is 23.3. The maximum absolute atomic E-state index is 13.1. The van der Waals surface area contributed by atoms with Crippen LogP contribution in [0, 0.1) is 0 Å². The van der Waals surface area contributed by atoms with Crippen LogP contribution in [0.5, 0.6) is 0 Å². The summed E-state index contributed by atoms with van der Waals surface area (Å²) in [5.41, 5.74) is 11.0. The molecule has 21 heteroatoms. The predicted octanol–water partition coefficient (Wildman–Crippen LogP) is 6.17. The van der Waals surface area contributed by atoms with Crippen LogP contribution in [0.15, 0.2) is 78.9 Å². The van der Waals surface area contributed by atoms with Gasteiger partial charge in [-0.1, -0.05) is 137 Å². The van der Waals surface area contributed by atoms with Crippen LogP contribution in [-0.4, -0.2) is 106 Å². The second-order valence-corrected chi connectivity index (χ2v) is 19.6. The molecule has 3 aromatic carbocycles. The van der Waals surface area contributed by atoms with Gasteiger partial charge in [0.05, 0.1) is 12.0 Å². The number of carboxylic acids is 3. The van der Waals surface area contributed by atoms with Crippen molar-refractivity contribution in [3.05, 3.63) is 113 Å². The zero-order valence-electron chi connectivity index (χ0n) is 40.5. The maximum Gasteiger partial charge on any atom is 0.325 e. The van der Waals surface area contributed by atoms with Crippen LogP contribution in [0.3, 0.4) is 0 Å². The Morgan fingerprint density at radius 1 is 0.542 bits per heavy atom. The lowest BCUT2D eigenvalue weighted by Gasteiger charge is -2.36. The number of carboxylic acid groups (broad SMARTS) is 3. The lowest BCUT2D eigenvalue weighted by molar-refractivity contribution is -0.146. The normalized spacial score (nSPS) is 17.5. The van der Waals surface area contributed by atoms with Crippen LogP contribution in [0.4, 0.5) is 0 Å². The maximum atomic E-state index is 13.1. The van der Waals surface area contributed by atoms with Crippen molar-refractivity contribution in [2.45, 2.75) is 157 Å². The summed E-state index contributed by atoms with van der Waals surface area (Å²) >= 11 is 0. The summed E-state index contributed by atoms with van der Waals surface area (Å²) in [5, 5.41) is 61.7. The Kier molecular flexibility index (Phi) is 16.5. The van der Waals surface area contributed by atoms with Crippen molar-refractivity contribution in [2.24, 2.45) is 5.73 Å². The number of tetrazole rings is 3. The van der Waals surface area contributed by atoms with Gasteiger partial charge in [0.1, 0.15) is 26.2 Å². The molecule has 380 valence electrons. The van der Waals surface area contributed by atoms with E-state index in [2.05, 4.69) is 95.1 Å². The molecule has 3 aromatic heterocycles. The fourth-order valence-electron chi connectivity index (χ4n) is 11.3. The lowest BCUT2D eigenvalue weighted by Crippen LogP contribution is -2.41. The monoisotopic (exact) mass is 985 g/mol. The lowest BCUT2D eigenvalue weighted by atomic mass is 9.70. The molecule has 6 aromatic rings. The van der Waals surface area contributed by atoms with E-state index in [0.717, 1.165) is 102 Å². The molecule has 0 atom stereocenters. The van der Waals surface area contributed by atoms with Gasteiger partial charge >= 0.3 is 23.9 Å². The third-order valence-corrected chi connectivity index (χ3v) is 14.8. The molecule has 72 heavy (non-hydrogen) atoms. The number of rotatable bonds is 16. The van der Waals surface area contributed by atoms with E-state index in [1.54, 1.807) is 0 Å². The predicted molar refractivity (Wildman–Crippen MR) is 259 cm³/mol. The molecule has 4 aliphatic rings. The Bertz CT molecular complexity index is 2730. The average Bonchev–Trinajstić information content (AvgIpc) is 4.22. The van der Waals surface area contributed by atoms with Crippen LogP contribution in [0.1, 0.15) is 149 Å². The molecule has 3 fully saturated rings. The molecule has 4 aliphatic carbocycles. The number of esters is 1. The van der Waals surface area contributed by atoms with Gasteiger partial charge in [-0.3, -0.25) is 19.2 Å². The average molecular weight is 986 g/mol. The summed E-state index contributed by atoms with van der Waals surface area (Å²) in [6.45, 7) is -0.464. The standard InChI is InChI=1S/C25H26N4O4.C17H22N4O2.C9H15N5O2/c30-22(31)15-29-24(26-27-28-29)25(12-6-1-7-13-25)14-23(32)33-16-21-19-10-4-2-8-17(19)18-9-3-5-11-20(18)21;22-15(23)13-21-16(18-19-20-21)17(10-5-2-6-11-17)12-9-14-7-3-1-4-8-14;10-9(4-2-1-3-5-9)8-11-12-13-14(8)6-7(15)16/h2-5,8-11,21H,1,6-7,12-16H2,(H,30,31);1,3-4,7-8H,2,5-6,9-13H2,(H,22,23);1-6,10H2,(H,15,16). The first-order valence-electron chi connectivity index (χ1n) is 25.0. The van der Waals surface area contributed by atoms with Gasteiger partial charge in [-0.25, -0.2) is 14.0 Å². The summed E-state index contributed by atoms with van der Waals surface area (Å²) in [6.07, 6.45) is 16.9. The first kappa shape index (κ1) is 51.1. The molecular formula is C51H63N13O8. The number of aryl methyl sites for hydroxylation is 1. The van der Waals surface area contributed by atoms with Gasteiger partial charge < -0.3 is 25.8 Å².